The summed E-state index contributed by atoms with van der Waals surface area (Å²) in [5.74, 6) is 2.52. The fourth-order valence-corrected chi connectivity index (χ4v) is 2.27. The Morgan fingerprint density at radius 1 is 1.19 bits per heavy atom. The first-order valence-corrected chi connectivity index (χ1v) is 6.94. The summed E-state index contributed by atoms with van der Waals surface area (Å²) in [4.78, 5) is 2.65. The number of hydrogen-bond donors (Lipinski definition) is 1. The molecule has 0 aromatic rings. The molecular weight excluding hydrogens is 196 g/mol. The Kier molecular flexibility index (Phi) is 5.77. The molecule has 0 radical (unpaired) electrons. The van der Waals surface area contributed by atoms with Gasteiger partial charge in [-0.25, -0.2) is 0 Å². The number of nitrogens with zero attached hydrogens (tertiary/aromatic N) is 1. The van der Waals surface area contributed by atoms with Crippen LogP contribution < -0.4 is 5.32 Å². The molecule has 2 unspecified atom stereocenters. The maximum atomic E-state index is 3.56. The Balaban J connectivity index is 2.19. The van der Waals surface area contributed by atoms with Gasteiger partial charge in [0, 0.05) is 19.1 Å². The van der Waals surface area contributed by atoms with E-state index in [2.05, 4.69) is 44.8 Å². The Hall–Kier alpha value is -0.0800. The molecule has 2 nitrogen and oxygen atoms in total. The molecule has 0 aliphatic carbocycles. The first-order chi connectivity index (χ1) is 7.49. The third-order valence-corrected chi connectivity index (χ3v) is 3.87. The van der Waals surface area contributed by atoms with Gasteiger partial charge in [0.2, 0.25) is 0 Å². The Labute approximate surface area is 102 Å². The second-order valence-electron chi connectivity index (χ2n) is 6.20. The molecule has 16 heavy (non-hydrogen) atoms. The van der Waals surface area contributed by atoms with E-state index in [-0.39, 0.29) is 0 Å². The van der Waals surface area contributed by atoms with Crippen molar-refractivity contribution < 1.29 is 0 Å². The van der Waals surface area contributed by atoms with Crippen LogP contribution in [0.1, 0.15) is 41.0 Å². The molecule has 1 N–H and O–H groups in total. The first kappa shape index (κ1) is 14.0. The lowest BCUT2D eigenvalue weighted by molar-refractivity contribution is 0.242. The van der Waals surface area contributed by atoms with Gasteiger partial charge in [0.15, 0.2) is 0 Å². The van der Waals surface area contributed by atoms with Gasteiger partial charge in [-0.2, -0.15) is 0 Å². The van der Waals surface area contributed by atoms with Crippen LogP contribution in [0.4, 0.5) is 0 Å². The molecule has 1 heterocycles. The smallest absolute Gasteiger partial charge is 0.00224 e. The van der Waals surface area contributed by atoms with Crippen molar-refractivity contribution in [3.05, 3.63) is 0 Å². The van der Waals surface area contributed by atoms with Crippen LogP contribution in [0.3, 0.4) is 0 Å². The molecule has 1 saturated heterocycles. The van der Waals surface area contributed by atoms with E-state index in [1.54, 1.807) is 0 Å². The molecule has 2 heteroatoms. The van der Waals surface area contributed by atoms with Crippen molar-refractivity contribution in [3.8, 4) is 0 Å². The molecule has 0 bridgehead atoms. The highest BCUT2D eigenvalue weighted by atomic mass is 15.2. The number of rotatable bonds is 6. The van der Waals surface area contributed by atoms with Crippen molar-refractivity contribution in [1.82, 2.24) is 10.2 Å². The summed E-state index contributed by atoms with van der Waals surface area (Å²) in [5, 5.41) is 3.56. The van der Waals surface area contributed by atoms with Crippen LogP contribution in [0.25, 0.3) is 0 Å². The van der Waals surface area contributed by atoms with Crippen LogP contribution in [0.15, 0.2) is 0 Å². The molecule has 0 aromatic heterocycles. The van der Waals surface area contributed by atoms with Gasteiger partial charge in [-0.1, -0.05) is 34.6 Å². The third-order valence-electron chi connectivity index (χ3n) is 3.87. The van der Waals surface area contributed by atoms with E-state index >= 15 is 0 Å². The van der Waals surface area contributed by atoms with Crippen molar-refractivity contribution >= 4 is 0 Å². The van der Waals surface area contributed by atoms with E-state index in [1.807, 2.05) is 0 Å². The summed E-state index contributed by atoms with van der Waals surface area (Å²) in [7, 11) is 0. The van der Waals surface area contributed by atoms with Gasteiger partial charge < -0.3 is 10.2 Å². The SMILES string of the molecule is CC(C)NCC1CCN(CC(C)C(C)C)C1. The highest BCUT2D eigenvalue weighted by Crippen LogP contribution is 2.19. The molecular formula is C14H30N2. The number of likely N-dealkylation sites (tertiary alicyclic amines) is 1. The lowest BCUT2D eigenvalue weighted by atomic mass is 9.98. The minimum Gasteiger partial charge on any atom is -0.314 e. The van der Waals surface area contributed by atoms with Gasteiger partial charge in [-0.3, -0.25) is 0 Å². The zero-order chi connectivity index (χ0) is 12.1. The highest BCUT2D eigenvalue weighted by Gasteiger charge is 2.23. The molecule has 1 fully saturated rings. The van der Waals surface area contributed by atoms with E-state index in [0.29, 0.717) is 6.04 Å². The summed E-state index contributed by atoms with van der Waals surface area (Å²) in [6.07, 6.45) is 1.38. The molecule has 0 saturated carbocycles. The third kappa shape index (κ3) is 4.84. The molecule has 0 spiro atoms. The molecule has 1 aliphatic rings. The van der Waals surface area contributed by atoms with Crippen LogP contribution in [-0.2, 0) is 0 Å². The van der Waals surface area contributed by atoms with E-state index < -0.39 is 0 Å². The molecule has 96 valence electrons. The monoisotopic (exact) mass is 226 g/mol. The van der Waals surface area contributed by atoms with Crippen molar-refractivity contribution in [1.29, 1.82) is 0 Å². The van der Waals surface area contributed by atoms with Gasteiger partial charge in [-0.05, 0) is 37.3 Å². The average molecular weight is 226 g/mol. The molecule has 0 amide bonds. The van der Waals surface area contributed by atoms with E-state index in [0.717, 1.165) is 17.8 Å². The fraction of sp³-hybridized carbons (Fsp3) is 1.00. The van der Waals surface area contributed by atoms with Crippen LogP contribution in [0.5, 0.6) is 0 Å². The highest BCUT2D eigenvalue weighted by molar-refractivity contribution is 4.79. The van der Waals surface area contributed by atoms with Crippen LogP contribution in [0.2, 0.25) is 0 Å². The molecule has 1 rings (SSSR count). The topological polar surface area (TPSA) is 15.3 Å². The number of hydrogen-bond acceptors (Lipinski definition) is 2. The van der Waals surface area contributed by atoms with Crippen molar-refractivity contribution in [2.75, 3.05) is 26.2 Å². The first-order valence-electron chi connectivity index (χ1n) is 6.94. The zero-order valence-electron chi connectivity index (χ0n) is 11.8. The largest absolute Gasteiger partial charge is 0.314 e. The van der Waals surface area contributed by atoms with Crippen molar-refractivity contribution in [3.63, 3.8) is 0 Å². The lowest BCUT2D eigenvalue weighted by Crippen LogP contribution is -2.32. The average Bonchev–Trinajstić information content (AvgIpc) is 2.62. The van der Waals surface area contributed by atoms with Gasteiger partial charge in [0.1, 0.15) is 0 Å². The second-order valence-corrected chi connectivity index (χ2v) is 6.20. The van der Waals surface area contributed by atoms with Crippen LogP contribution in [0, 0.1) is 17.8 Å². The van der Waals surface area contributed by atoms with Crippen LogP contribution >= 0.6 is 0 Å². The van der Waals surface area contributed by atoms with Crippen molar-refractivity contribution in [2.45, 2.75) is 47.1 Å². The van der Waals surface area contributed by atoms with E-state index in [4.69, 9.17) is 0 Å². The van der Waals surface area contributed by atoms with Gasteiger partial charge in [-0.15, -0.1) is 0 Å². The van der Waals surface area contributed by atoms with E-state index in [9.17, 15) is 0 Å². The summed E-state index contributed by atoms with van der Waals surface area (Å²) < 4.78 is 0. The normalized spacial score (nSPS) is 24.6. The minimum atomic E-state index is 0.628. The standard InChI is InChI=1S/C14H30N2/c1-11(2)13(5)9-16-7-6-14(10-16)8-15-12(3)4/h11-15H,6-10H2,1-5H3. The van der Waals surface area contributed by atoms with Gasteiger partial charge >= 0.3 is 0 Å². The summed E-state index contributed by atoms with van der Waals surface area (Å²) in [6, 6.07) is 0.628. The molecule has 2 atom stereocenters. The lowest BCUT2D eigenvalue weighted by Gasteiger charge is -2.23. The summed E-state index contributed by atoms with van der Waals surface area (Å²) >= 11 is 0. The molecule has 1 aliphatic heterocycles. The maximum Gasteiger partial charge on any atom is 0.00224 e. The Bertz CT molecular complexity index is 189. The maximum absolute atomic E-state index is 3.56. The summed E-state index contributed by atoms with van der Waals surface area (Å²) in [5.41, 5.74) is 0. The quantitative estimate of drug-likeness (QED) is 0.749. The Morgan fingerprint density at radius 2 is 1.88 bits per heavy atom. The van der Waals surface area contributed by atoms with Crippen LogP contribution in [-0.4, -0.2) is 37.1 Å². The minimum absolute atomic E-state index is 0.628. The predicted octanol–water partition coefficient (Wildman–Crippen LogP) is 2.60. The zero-order valence-corrected chi connectivity index (χ0v) is 11.8. The van der Waals surface area contributed by atoms with Crippen molar-refractivity contribution in [2.24, 2.45) is 17.8 Å². The van der Waals surface area contributed by atoms with E-state index in [1.165, 1.54) is 32.6 Å². The summed E-state index contributed by atoms with van der Waals surface area (Å²) in [6.45, 7) is 16.6. The number of nitrogens with one attached hydrogen (secondary N) is 1. The molecule has 0 aromatic carbocycles. The Morgan fingerprint density at radius 3 is 2.44 bits per heavy atom. The second kappa shape index (κ2) is 6.61. The van der Waals surface area contributed by atoms with Gasteiger partial charge in [0.05, 0.1) is 0 Å². The fourth-order valence-electron chi connectivity index (χ4n) is 2.27. The van der Waals surface area contributed by atoms with Gasteiger partial charge in [0.25, 0.3) is 0 Å². The predicted molar refractivity (Wildman–Crippen MR) is 71.7 cm³/mol.